The van der Waals surface area contributed by atoms with Crippen LogP contribution in [0.3, 0.4) is 0 Å². The zero-order chi connectivity index (χ0) is 13.6. The first-order chi connectivity index (χ1) is 8.52. The number of ketones is 1. The van der Waals surface area contributed by atoms with Crippen molar-refractivity contribution in [2.24, 2.45) is 0 Å². The number of carbonyl (C=O) groups is 1. The number of rotatable bonds is 6. The molecular formula is C15H28O4. The lowest BCUT2D eigenvalue weighted by Crippen LogP contribution is -2.58. The molecule has 4 nitrogen and oxygen atoms in total. The van der Waals surface area contributed by atoms with Crippen LogP contribution in [-0.4, -0.2) is 38.9 Å². The minimum Gasteiger partial charge on any atom is -0.390 e. The Morgan fingerprint density at radius 3 is 2.58 bits per heavy atom. The average molecular weight is 272 g/mol. The third kappa shape index (κ3) is 4.71. The van der Waals surface area contributed by atoms with Crippen LogP contribution in [0.5, 0.6) is 0 Å². The average Bonchev–Trinajstić information content (AvgIpc) is 2.36. The van der Waals surface area contributed by atoms with Crippen LogP contribution >= 0.6 is 0 Å². The van der Waals surface area contributed by atoms with Crippen LogP contribution in [0.2, 0.25) is 0 Å². The molecule has 0 saturated heterocycles. The number of aliphatic hydroxyl groups is 3. The van der Waals surface area contributed by atoms with E-state index >= 15 is 0 Å². The SMILES string of the molecule is C.CCC/C=C\CCC[C@]1(O)C(=O)CC[C@H](O)[C@H]1O. The molecular weight excluding hydrogens is 244 g/mol. The van der Waals surface area contributed by atoms with Gasteiger partial charge in [-0.1, -0.05) is 32.9 Å². The van der Waals surface area contributed by atoms with Gasteiger partial charge in [0.05, 0.1) is 6.10 Å². The molecule has 1 fully saturated rings. The van der Waals surface area contributed by atoms with E-state index in [9.17, 15) is 20.1 Å². The number of Topliss-reactive ketones (excluding diaryl/α,β-unsaturated/α-hetero) is 1. The van der Waals surface area contributed by atoms with Crippen molar-refractivity contribution in [3.8, 4) is 0 Å². The zero-order valence-electron chi connectivity index (χ0n) is 11.0. The van der Waals surface area contributed by atoms with Crippen molar-refractivity contribution in [2.45, 2.75) is 77.1 Å². The molecule has 0 aliphatic heterocycles. The molecule has 112 valence electrons. The maximum Gasteiger partial charge on any atom is 0.167 e. The smallest absolute Gasteiger partial charge is 0.167 e. The van der Waals surface area contributed by atoms with Gasteiger partial charge in [-0.25, -0.2) is 0 Å². The number of allylic oxidation sites excluding steroid dienone is 2. The highest BCUT2D eigenvalue weighted by Crippen LogP contribution is 2.30. The molecule has 1 aliphatic carbocycles. The van der Waals surface area contributed by atoms with Crippen molar-refractivity contribution in [2.75, 3.05) is 0 Å². The predicted octanol–water partition coefficient (Wildman–Crippen LogP) is 1.96. The Kier molecular flexibility index (Phi) is 8.14. The van der Waals surface area contributed by atoms with E-state index in [4.69, 9.17) is 0 Å². The molecule has 0 aromatic heterocycles. The van der Waals surface area contributed by atoms with E-state index in [1.54, 1.807) is 0 Å². The van der Waals surface area contributed by atoms with Crippen LogP contribution in [0.4, 0.5) is 0 Å². The summed E-state index contributed by atoms with van der Waals surface area (Å²) in [5, 5.41) is 29.5. The fourth-order valence-corrected chi connectivity index (χ4v) is 2.32. The van der Waals surface area contributed by atoms with Gasteiger partial charge >= 0.3 is 0 Å². The Bertz CT molecular complexity index is 301. The first-order valence-corrected chi connectivity index (χ1v) is 6.79. The summed E-state index contributed by atoms with van der Waals surface area (Å²) in [6.07, 6.45) is 5.89. The fourth-order valence-electron chi connectivity index (χ4n) is 2.32. The number of unbranched alkanes of at least 4 members (excludes halogenated alkanes) is 2. The second-order valence-electron chi connectivity index (χ2n) is 5.05. The first kappa shape index (κ1) is 18.3. The molecule has 0 amide bonds. The van der Waals surface area contributed by atoms with Crippen molar-refractivity contribution >= 4 is 5.78 Å². The highest BCUT2D eigenvalue weighted by atomic mass is 16.4. The summed E-state index contributed by atoms with van der Waals surface area (Å²) >= 11 is 0. The summed E-state index contributed by atoms with van der Waals surface area (Å²) in [5.41, 5.74) is -1.75. The van der Waals surface area contributed by atoms with Crippen LogP contribution in [0.1, 0.15) is 59.3 Å². The topological polar surface area (TPSA) is 77.8 Å². The molecule has 19 heavy (non-hydrogen) atoms. The van der Waals surface area contributed by atoms with Crippen molar-refractivity contribution in [3.05, 3.63) is 12.2 Å². The molecule has 1 aliphatic rings. The summed E-state index contributed by atoms with van der Waals surface area (Å²) in [6.45, 7) is 2.10. The van der Waals surface area contributed by atoms with E-state index in [1.807, 2.05) is 6.08 Å². The van der Waals surface area contributed by atoms with Crippen LogP contribution in [0.25, 0.3) is 0 Å². The minimum absolute atomic E-state index is 0. The van der Waals surface area contributed by atoms with Gasteiger partial charge in [-0.2, -0.15) is 0 Å². The summed E-state index contributed by atoms with van der Waals surface area (Å²) in [7, 11) is 0. The molecule has 0 aromatic carbocycles. The second kappa shape index (κ2) is 8.46. The fraction of sp³-hybridized carbons (Fsp3) is 0.800. The molecule has 0 spiro atoms. The van der Waals surface area contributed by atoms with E-state index < -0.39 is 17.8 Å². The van der Waals surface area contributed by atoms with E-state index in [2.05, 4.69) is 13.0 Å². The second-order valence-corrected chi connectivity index (χ2v) is 5.05. The molecule has 1 saturated carbocycles. The Hall–Kier alpha value is -0.710. The molecule has 0 heterocycles. The highest BCUT2D eigenvalue weighted by Gasteiger charge is 2.48. The molecule has 3 N–H and O–H groups in total. The van der Waals surface area contributed by atoms with Crippen molar-refractivity contribution in [3.63, 3.8) is 0 Å². The number of hydrogen-bond donors (Lipinski definition) is 3. The van der Waals surface area contributed by atoms with Gasteiger partial charge in [-0.15, -0.1) is 0 Å². The quantitative estimate of drug-likeness (QED) is 0.510. The lowest BCUT2D eigenvalue weighted by Gasteiger charge is -2.38. The van der Waals surface area contributed by atoms with E-state index in [-0.39, 0.29) is 32.5 Å². The Morgan fingerprint density at radius 2 is 1.95 bits per heavy atom. The molecule has 4 heteroatoms. The molecule has 0 radical (unpaired) electrons. The van der Waals surface area contributed by atoms with Gasteiger partial charge in [0, 0.05) is 6.42 Å². The summed E-state index contributed by atoms with van der Waals surface area (Å²) < 4.78 is 0. The van der Waals surface area contributed by atoms with Gasteiger partial charge in [-0.05, 0) is 32.1 Å². The van der Waals surface area contributed by atoms with Gasteiger partial charge in [0.25, 0.3) is 0 Å². The third-order valence-corrected chi connectivity index (χ3v) is 3.55. The Morgan fingerprint density at radius 1 is 1.32 bits per heavy atom. The molecule has 0 unspecified atom stereocenters. The van der Waals surface area contributed by atoms with E-state index in [1.165, 1.54) is 0 Å². The minimum atomic E-state index is -1.75. The lowest BCUT2D eigenvalue weighted by molar-refractivity contribution is -0.174. The summed E-state index contributed by atoms with van der Waals surface area (Å²) in [5.74, 6) is -0.349. The van der Waals surface area contributed by atoms with Crippen LogP contribution in [-0.2, 0) is 4.79 Å². The first-order valence-electron chi connectivity index (χ1n) is 6.79. The van der Waals surface area contributed by atoms with Crippen LogP contribution in [0, 0.1) is 0 Å². The number of carbonyl (C=O) groups excluding carboxylic acids is 1. The van der Waals surface area contributed by atoms with Gasteiger partial charge in [0.1, 0.15) is 6.10 Å². The molecule has 0 bridgehead atoms. The van der Waals surface area contributed by atoms with Gasteiger partial charge in [0.15, 0.2) is 11.4 Å². The zero-order valence-corrected chi connectivity index (χ0v) is 11.0. The van der Waals surface area contributed by atoms with Gasteiger partial charge in [0.2, 0.25) is 0 Å². The highest BCUT2D eigenvalue weighted by molar-refractivity contribution is 5.88. The molecule has 1 rings (SSSR count). The summed E-state index contributed by atoms with van der Waals surface area (Å²) in [6, 6.07) is 0. The van der Waals surface area contributed by atoms with Crippen LogP contribution in [0.15, 0.2) is 12.2 Å². The predicted molar refractivity (Wildman–Crippen MR) is 75.8 cm³/mol. The molecule has 3 atom stereocenters. The largest absolute Gasteiger partial charge is 0.390 e. The standard InChI is InChI=1S/C14H24O4.CH4/c1-2-3-4-5-6-7-10-14(18)12(16)9-8-11(15)13(14)17;/h4-5,11,13,15,17-18H,2-3,6-10H2,1H3;1H4/b5-4-;/t11-,13+,14-;/m0./s1. The third-order valence-electron chi connectivity index (χ3n) is 3.55. The van der Waals surface area contributed by atoms with Crippen LogP contribution < -0.4 is 0 Å². The van der Waals surface area contributed by atoms with Crippen molar-refractivity contribution in [1.82, 2.24) is 0 Å². The van der Waals surface area contributed by atoms with E-state index in [0.717, 1.165) is 19.3 Å². The normalized spacial score (nSPS) is 31.5. The number of aliphatic hydroxyl groups excluding tert-OH is 2. The maximum absolute atomic E-state index is 11.7. The maximum atomic E-state index is 11.7. The number of hydrogen-bond acceptors (Lipinski definition) is 4. The molecule has 0 aromatic rings. The monoisotopic (exact) mass is 272 g/mol. The van der Waals surface area contributed by atoms with E-state index in [0.29, 0.717) is 6.42 Å². The van der Waals surface area contributed by atoms with Crippen molar-refractivity contribution < 1.29 is 20.1 Å². The Balaban J connectivity index is 0.00000324. The van der Waals surface area contributed by atoms with Crippen molar-refractivity contribution in [1.29, 1.82) is 0 Å². The Labute approximate surface area is 116 Å². The van der Waals surface area contributed by atoms with Gasteiger partial charge in [-0.3, -0.25) is 4.79 Å². The lowest BCUT2D eigenvalue weighted by atomic mass is 9.76. The summed E-state index contributed by atoms with van der Waals surface area (Å²) in [4.78, 5) is 11.7. The van der Waals surface area contributed by atoms with Gasteiger partial charge < -0.3 is 15.3 Å².